The van der Waals surface area contributed by atoms with E-state index in [-0.39, 0.29) is 31.2 Å². The van der Waals surface area contributed by atoms with E-state index in [1.807, 2.05) is 6.92 Å². The minimum atomic E-state index is -1.27. The van der Waals surface area contributed by atoms with Gasteiger partial charge in [-0.3, -0.25) is 43.2 Å². The van der Waals surface area contributed by atoms with Gasteiger partial charge in [0.15, 0.2) is 0 Å². The monoisotopic (exact) mass is 695 g/mol. The van der Waals surface area contributed by atoms with Crippen LogP contribution in [0.4, 0.5) is 0 Å². The normalized spacial score (nSPS) is 17.7. The molecule has 18 nitrogen and oxygen atoms in total. The molecule has 49 heavy (non-hydrogen) atoms. The molecule has 18 heteroatoms. The maximum absolute atomic E-state index is 13.3. The van der Waals surface area contributed by atoms with Gasteiger partial charge in [-0.1, -0.05) is 34.1 Å². The molecule has 0 aromatic carbocycles. The summed E-state index contributed by atoms with van der Waals surface area (Å²) in [5.41, 5.74) is 10.5. The number of nitrogens with two attached hydrogens (primary N) is 2. The average molecular weight is 696 g/mol. The summed E-state index contributed by atoms with van der Waals surface area (Å²) >= 11 is 0. The molecule has 0 bridgehead atoms. The van der Waals surface area contributed by atoms with Crippen LogP contribution < -0.4 is 43.4 Å². The zero-order chi connectivity index (χ0) is 37.6. The molecular formula is C31H53N9O9. The Morgan fingerprint density at radius 3 is 1.88 bits per heavy atom. The van der Waals surface area contributed by atoms with Crippen LogP contribution in [0.25, 0.3) is 0 Å². The highest BCUT2D eigenvalue weighted by atomic mass is 16.2. The van der Waals surface area contributed by atoms with E-state index < -0.39 is 96.0 Å². The minimum Gasteiger partial charge on any atom is -0.370 e. The highest BCUT2D eigenvalue weighted by molar-refractivity contribution is 5.97. The molecule has 0 aromatic rings. The molecule has 0 saturated carbocycles. The molecule has 1 heterocycles. The minimum absolute atomic E-state index is 0.174. The van der Waals surface area contributed by atoms with Crippen molar-refractivity contribution in [3.8, 4) is 0 Å². The molecule has 9 amide bonds. The topological polar surface area (TPSA) is 281 Å². The van der Waals surface area contributed by atoms with Crippen molar-refractivity contribution in [2.24, 2.45) is 23.3 Å². The molecule has 0 aromatic heterocycles. The molecule has 7 atom stereocenters. The van der Waals surface area contributed by atoms with Crippen LogP contribution in [-0.2, 0) is 43.2 Å². The third kappa shape index (κ3) is 13.7. The largest absolute Gasteiger partial charge is 0.370 e. The maximum Gasteiger partial charge on any atom is 0.243 e. The first kappa shape index (κ1) is 42.3. The van der Waals surface area contributed by atoms with Gasteiger partial charge in [0.1, 0.15) is 36.3 Å². The van der Waals surface area contributed by atoms with Crippen LogP contribution in [0.1, 0.15) is 80.6 Å². The Balaban J connectivity index is 2.88. The van der Waals surface area contributed by atoms with Crippen LogP contribution in [0.15, 0.2) is 0 Å². The van der Waals surface area contributed by atoms with Gasteiger partial charge in [0.05, 0.1) is 6.54 Å². The fourth-order valence-corrected chi connectivity index (χ4v) is 5.03. The van der Waals surface area contributed by atoms with E-state index >= 15 is 0 Å². The van der Waals surface area contributed by atoms with Gasteiger partial charge in [0, 0.05) is 19.9 Å². The lowest BCUT2D eigenvalue weighted by atomic mass is 9.97. The summed E-state index contributed by atoms with van der Waals surface area (Å²) in [6.07, 6.45) is 0.932. The molecule has 1 saturated heterocycles. The van der Waals surface area contributed by atoms with Crippen molar-refractivity contribution in [2.75, 3.05) is 13.1 Å². The van der Waals surface area contributed by atoms with Gasteiger partial charge in [-0.2, -0.15) is 0 Å². The van der Waals surface area contributed by atoms with Gasteiger partial charge in [-0.05, 0) is 44.9 Å². The number of carbonyl (C=O) groups excluding carboxylic acids is 9. The Bertz CT molecular complexity index is 1260. The highest BCUT2D eigenvalue weighted by Gasteiger charge is 2.37. The summed E-state index contributed by atoms with van der Waals surface area (Å²) in [5, 5.41) is 15.1. The standard InChI is InChI=1S/C31H53N9O9/c1-8-16(4)25(31(49)35-17(5)26(33)44)39-29(47)21-10-9-13-40(21)23(43)14-34-27(45)18(6)36-28(46)20(11-12-22(32)42)38-30(48)24(15(2)3)37-19(7)41/h15-18,20-21,24-25H,8-14H2,1-7H3,(H2,32,42)(H2,33,44)(H,34,45)(H,35,49)(H,36,46)(H,37,41)(H,38,48)(H,39,47)/t16-,17-,18-,20-,21+,24-,25-/m0/s1. The fraction of sp³-hybridized carbons (Fsp3) is 0.710. The van der Waals surface area contributed by atoms with Crippen molar-refractivity contribution in [1.29, 1.82) is 0 Å². The predicted octanol–water partition coefficient (Wildman–Crippen LogP) is -2.97. The van der Waals surface area contributed by atoms with E-state index in [2.05, 4.69) is 31.9 Å². The SMILES string of the molecule is CC[C@H](C)[C@H](NC(=O)[C@H]1CCCN1C(=O)CNC(=O)[C@H](C)NC(=O)[C@H](CCC(N)=O)NC(=O)[C@@H](NC(C)=O)C(C)C)C(=O)N[C@@H](C)C(N)=O. The Labute approximate surface area is 286 Å². The quantitative estimate of drug-likeness (QED) is 0.0684. The number of rotatable bonds is 19. The van der Waals surface area contributed by atoms with Crippen LogP contribution in [-0.4, -0.2) is 107 Å². The van der Waals surface area contributed by atoms with Crippen LogP contribution in [0.3, 0.4) is 0 Å². The van der Waals surface area contributed by atoms with Gasteiger partial charge in [0.25, 0.3) is 0 Å². The van der Waals surface area contributed by atoms with Gasteiger partial charge in [-0.25, -0.2) is 0 Å². The van der Waals surface area contributed by atoms with Crippen molar-refractivity contribution in [1.82, 2.24) is 36.8 Å². The molecule has 1 rings (SSSR count). The number of primary amides is 2. The van der Waals surface area contributed by atoms with E-state index in [0.29, 0.717) is 19.3 Å². The third-order valence-corrected chi connectivity index (χ3v) is 8.24. The van der Waals surface area contributed by atoms with Gasteiger partial charge in [-0.15, -0.1) is 0 Å². The van der Waals surface area contributed by atoms with Crippen LogP contribution in [0, 0.1) is 11.8 Å². The molecule has 0 aliphatic carbocycles. The number of hydrogen-bond donors (Lipinski definition) is 8. The van der Waals surface area contributed by atoms with Crippen molar-refractivity contribution < 1.29 is 43.2 Å². The first-order valence-electron chi connectivity index (χ1n) is 16.4. The zero-order valence-corrected chi connectivity index (χ0v) is 29.3. The van der Waals surface area contributed by atoms with Crippen LogP contribution in [0.2, 0.25) is 0 Å². The molecule has 1 aliphatic heterocycles. The molecule has 276 valence electrons. The van der Waals surface area contributed by atoms with Gasteiger partial charge < -0.3 is 48.3 Å². The molecule has 10 N–H and O–H groups in total. The van der Waals surface area contributed by atoms with E-state index in [4.69, 9.17) is 11.5 Å². The number of nitrogens with zero attached hydrogens (tertiary/aromatic N) is 1. The second-order valence-corrected chi connectivity index (χ2v) is 12.7. The number of nitrogens with one attached hydrogen (secondary N) is 6. The van der Waals surface area contributed by atoms with Crippen LogP contribution >= 0.6 is 0 Å². The summed E-state index contributed by atoms with van der Waals surface area (Å²) < 4.78 is 0. The van der Waals surface area contributed by atoms with E-state index in [1.165, 1.54) is 25.7 Å². The number of amides is 9. The molecule has 0 unspecified atom stereocenters. The number of likely N-dealkylation sites (tertiary alicyclic amines) is 1. The third-order valence-electron chi connectivity index (χ3n) is 8.24. The first-order chi connectivity index (χ1) is 22.8. The van der Waals surface area contributed by atoms with Crippen LogP contribution in [0.5, 0.6) is 0 Å². The average Bonchev–Trinajstić information content (AvgIpc) is 3.52. The Morgan fingerprint density at radius 1 is 0.755 bits per heavy atom. The second-order valence-electron chi connectivity index (χ2n) is 12.7. The van der Waals surface area contributed by atoms with E-state index in [1.54, 1.807) is 20.8 Å². The lowest BCUT2D eigenvalue weighted by Gasteiger charge is -2.29. The molecule has 0 spiro atoms. The van der Waals surface area contributed by atoms with Crippen molar-refractivity contribution >= 4 is 53.2 Å². The molecule has 1 aliphatic rings. The summed E-state index contributed by atoms with van der Waals surface area (Å²) in [5.74, 6) is -6.46. The summed E-state index contributed by atoms with van der Waals surface area (Å²) in [6.45, 7) is 10.7. The first-order valence-corrected chi connectivity index (χ1v) is 16.4. The van der Waals surface area contributed by atoms with Gasteiger partial charge >= 0.3 is 0 Å². The zero-order valence-electron chi connectivity index (χ0n) is 29.3. The summed E-state index contributed by atoms with van der Waals surface area (Å²) in [4.78, 5) is 114. The predicted molar refractivity (Wildman–Crippen MR) is 176 cm³/mol. The highest BCUT2D eigenvalue weighted by Crippen LogP contribution is 2.19. The van der Waals surface area contributed by atoms with Gasteiger partial charge in [0.2, 0.25) is 53.2 Å². The Morgan fingerprint density at radius 2 is 1.35 bits per heavy atom. The molecule has 0 radical (unpaired) electrons. The van der Waals surface area contributed by atoms with Crippen molar-refractivity contribution in [3.05, 3.63) is 0 Å². The number of carbonyl (C=O) groups is 9. The van der Waals surface area contributed by atoms with Crippen molar-refractivity contribution in [2.45, 2.75) is 117 Å². The Kier molecular flexibility index (Phi) is 17.2. The summed E-state index contributed by atoms with van der Waals surface area (Å²) in [6, 6.07) is -6.26. The van der Waals surface area contributed by atoms with E-state index in [0.717, 1.165) is 0 Å². The second kappa shape index (κ2) is 19.9. The number of hydrogen-bond acceptors (Lipinski definition) is 9. The van der Waals surface area contributed by atoms with E-state index in [9.17, 15) is 43.2 Å². The molecule has 1 fully saturated rings. The Hall–Kier alpha value is -4.77. The maximum atomic E-state index is 13.3. The smallest absolute Gasteiger partial charge is 0.243 e. The lowest BCUT2D eigenvalue weighted by Crippen LogP contribution is -2.58. The van der Waals surface area contributed by atoms with Crippen molar-refractivity contribution in [3.63, 3.8) is 0 Å². The lowest BCUT2D eigenvalue weighted by molar-refractivity contribution is -0.140. The molecular weight excluding hydrogens is 642 g/mol. The summed E-state index contributed by atoms with van der Waals surface area (Å²) in [7, 11) is 0. The fourth-order valence-electron chi connectivity index (χ4n) is 5.03.